The van der Waals surface area contributed by atoms with E-state index in [4.69, 9.17) is 11.6 Å². The van der Waals surface area contributed by atoms with Crippen molar-refractivity contribution < 1.29 is 13.2 Å². The van der Waals surface area contributed by atoms with Gasteiger partial charge in [0.2, 0.25) is 15.9 Å². The van der Waals surface area contributed by atoms with Crippen molar-refractivity contribution >= 4 is 27.5 Å². The van der Waals surface area contributed by atoms with Gasteiger partial charge >= 0.3 is 0 Å². The summed E-state index contributed by atoms with van der Waals surface area (Å²) >= 11 is 5.70. The zero-order valence-corrected chi connectivity index (χ0v) is 10.3. The van der Waals surface area contributed by atoms with Crippen LogP contribution in [0.1, 0.15) is 12.0 Å². The van der Waals surface area contributed by atoms with Gasteiger partial charge in [0.1, 0.15) is 0 Å². The van der Waals surface area contributed by atoms with Crippen LogP contribution in [0.3, 0.4) is 0 Å². The molecule has 88 valence electrons. The van der Waals surface area contributed by atoms with E-state index in [2.05, 4.69) is 0 Å². The van der Waals surface area contributed by atoms with Gasteiger partial charge in [0.25, 0.3) is 0 Å². The molecule has 16 heavy (non-hydrogen) atoms. The van der Waals surface area contributed by atoms with Gasteiger partial charge in [0.15, 0.2) is 0 Å². The van der Waals surface area contributed by atoms with Gasteiger partial charge in [-0.25, -0.2) is 8.42 Å². The Labute approximate surface area is 99.7 Å². The largest absolute Gasteiger partial charge is 0.274 e. The summed E-state index contributed by atoms with van der Waals surface area (Å²) in [4.78, 5) is 11.2. The molecule has 1 aromatic rings. The van der Waals surface area contributed by atoms with Gasteiger partial charge < -0.3 is 0 Å². The van der Waals surface area contributed by atoms with E-state index in [9.17, 15) is 13.2 Å². The molecule has 1 N–H and O–H groups in total. The number of rotatable bonds is 4. The second kappa shape index (κ2) is 5.32. The summed E-state index contributed by atoms with van der Waals surface area (Å²) in [5.41, 5.74) is 0.938. The number of carbonyl (C=O) groups is 1. The molecule has 0 bridgehead atoms. The maximum atomic E-state index is 11.2. The summed E-state index contributed by atoms with van der Waals surface area (Å²) in [6, 6.07) is 7.06. The third kappa shape index (κ3) is 5.14. The number of hydrogen-bond acceptors (Lipinski definition) is 3. The van der Waals surface area contributed by atoms with Gasteiger partial charge in [-0.1, -0.05) is 23.7 Å². The Bertz CT molecular complexity index is 467. The maximum absolute atomic E-state index is 11.2. The van der Waals surface area contributed by atoms with Crippen LogP contribution in [-0.2, 0) is 21.2 Å². The van der Waals surface area contributed by atoms with E-state index in [1.165, 1.54) is 0 Å². The molecule has 0 aliphatic heterocycles. The lowest BCUT2D eigenvalue weighted by Gasteiger charge is -2.02. The molecule has 0 aliphatic rings. The molecular weight excluding hydrogens is 250 g/mol. The molecular formula is C10H12ClNO3S. The third-order valence-electron chi connectivity index (χ3n) is 1.85. The normalized spacial score (nSPS) is 11.1. The average molecular weight is 262 g/mol. The van der Waals surface area contributed by atoms with E-state index in [1.54, 1.807) is 24.3 Å². The highest BCUT2D eigenvalue weighted by atomic mass is 35.5. The molecule has 0 spiro atoms. The number of benzene rings is 1. The summed E-state index contributed by atoms with van der Waals surface area (Å²) in [7, 11) is -3.46. The van der Waals surface area contributed by atoms with Crippen LogP contribution >= 0.6 is 11.6 Å². The van der Waals surface area contributed by atoms with Crippen LogP contribution in [0.2, 0.25) is 5.02 Å². The molecule has 0 aromatic heterocycles. The predicted molar refractivity (Wildman–Crippen MR) is 62.8 cm³/mol. The number of aryl methyl sites for hydroxylation is 1. The first-order valence-corrected chi connectivity index (χ1v) is 6.89. The van der Waals surface area contributed by atoms with Crippen LogP contribution in [0.5, 0.6) is 0 Å². The first-order valence-electron chi connectivity index (χ1n) is 4.62. The molecule has 0 saturated heterocycles. The van der Waals surface area contributed by atoms with Crippen molar-refractivity contribution in [3.8, 4) is 0 Å². The summed E-state index contributed by atoms with van der Waals surface area (Å²) in [5, 5.41) is 0.629. The highest BCUT2D eigenvalue weighted by molar-refractivity contribution is 7.89. The van der Waals surface area contributed by atoms with Crippen LogP contribution in [0.4, 0.5) is 0 Å². The fourth-order valence-electron chi connectivity index (χ4n) is 1.17. The van der Waals surface area contributed by atoms with Crippen LogP contribution in [-0.4, -0.2) is 20.6 Å². The van der Waals surface area contributed by atoms with Crippen LogP contribution in [0.15, 0.2) is 24.3 Å². The van der Waals surface area contributed by atoms with Crippen molar-refractivity contribution in [2.45, 2.75) is 12.8 Å². The minimum atomic E-state index is -3.46. The Morgan fingerprint density at radius 1 is 1.31 bits per heavy atom. The number of nitrogens with one attached hydrogen (secondary N) is 1. The van der Waals surface area contributed by atoms with Crippen LogP contribution in [0, 0.1) is 0 Å². The Balaban J connectivity index is 2.46. The van der Waals surface area contributed by atoms with Gasteiger partial charge in [-0.2, -0.15) is 0 Å². The van der Waals surface area contributed by atoms with Crippen LogP contribution in [0.25, 0.3) is 0 Å². The van der Waals surface area contributed by atoms with E-state index in [0.29, 0.717) is 11.4 Å². The first-order chi connectivity index (χ1) is 7.37. The van der Waals surface area contributed by atoms with E-state index >= 15 is 0 Å². The van der Waals surface area contributed by atoms with Crippen molar-refractivity contribution in [3.05, 3.63) is 34.9 Å². The second-order valence-electron chi connectivity index (χ2n) is 3.42. The lowest BCUT2D eigenvalue weighted by molar-refractivity contribution is -0.119. The van der Waals surface area contributed by atoms with Crippen LogP contribution < -0.4 is 4.72 Å². The smallest absolute Gasteiger partial charge is 0.233 e. The summed E-state index contributed by atoms with van der Waals surface area (Å²) < 4.78 is 23.4. The molecule has 1 rings (SSSR count). The van der Waals surface area contributed by atoms with Crippen molar-refractivity contribution in [3.63, 3.8) is 0 Å². The molecule has 1 amide bonds. The molecule has 0 fully saturated rings. The predicted octanol–water partition coefficient (Wildman–Crippen LogP) is 1.35. The molecule has 0 saturated carbocycles. The topological polar surface area (TPSA) is 63.2 Å². The molecule has 0 aliphatic carbocycles. The summed E-state index contributed by atoms with van der Waals surface area (Å²) in [6.07, 6.45) is 1.57. The first kappa shape index (κ1) is 13.0. The fourth-order valence-corrected chi connectivity index (χ4v) is 1.81. The van der Waals surface area contributed by atoms with Crippen molar-refractivity contribution in [2.24, 2.45) is 0 Å². The van der Waals surface area contributed by atoms with E-state index in [1.807, 2.05) is 4.72 Å². The Hall–Kier alpha value is -1.07. The molecule has 1 aromatic carbocycles. The quantitative estimate of drug-likeness (QED) is 0.890. The monoisotopic (exact) mass is 261 g/mol. The van der Waals surface area contributed by atoms with Crippen molar-refractivity contribution in [2.75, 3.05) is 6.26 Å². The molecule has 4 nitrogen and oxygen atoms in total. The van der Waals surface area contributed by atoms with Gasteiger partial charge in [-0.05, 0) is 24.1 Å². The standard InChI is InChI=1S/C10H12ClNO3S/c1-16(14,15)12-10(13)7-4-8-2-5-9(11)6-3-8/h2-3,5-6H,4,7H2,1H3,(H,12,13). The second-order valence-corrected chi connectivity index (χ2v) is 5.61. The summed E-state index contributed by atoms with van der Waals surface area (Å²) in [5.74, 6) is -0.502. The fraction of sp³-hybridized carbons (Fsp3) is 0.300. The van der Waals surface area contributed by atoms with Crippen molar-refractivity contribution in [1.29, 1.82) is 0 Å². The molecule has 0 heterocycles. The molecule has 0 unspecified atom stereocenters. The van der Waals surface area contributed by atoms with E-state index in [0.717, 1.165) is 11.8 Å². The highest BCUT2D eigenvalue weighted by Crippen LogP contribution is 2.10. The molecule has 0 radical (unpaired) electrons. The molecule has 6 heteroatoms. The van der Waals surface area contributed by atoms with E-state index < -0.39 is 15.9 Å². The average Bonchev–Trinajstić information content (AvgIpc) is 2.14. The number of halogens is 1. The van der Waals surface area contributed by atoms with Crippen molar-refractivity contribution in [1.82, 2.24) is 4.72 Å². The van der Waals surface area contributed by atoms with Gasteiger partial charge in [-0.3, -0.25) is 9.52 Å². The SMILES string of the molecule is CS(=O)(=O)NC(=O)CCc1ccc(Cl)cc1. The minimum Gasteiger partial charge on any atom is -0.274 e. The number of sulfonamides is 1. The third-order valence-corrected chi connectivity index (χ3v) is 2.70. The Morgan fingerprint density at radius 3 is 2.38 bits per heavy atom. The number of amides is 1. The van der Waals surface area contributed by atoms with Gasteiger partial charge in [0, 0.05) is 11.4 Å². The van der Waals surface area contributed by atoms with Gasteiger partial charge in [0.05, 0.1) is 6.26 Å². The maximum Gasteiger partial charge on any atom is 0.233 e. The van der Waals surface area contributed by atoms with Gasteiger partial charge in [-0.15, -0.1) is 0 Å². The Morgan fingerprint density at radius 2 is 1.88 bits per heavy atom. The minimum absolute atomic E-state index is 0.134. The van der Waals surface area contributed by atoms with E-state index in [-0.39, 0.29) is 6.42 Å². The zero-order valence-electron chi connectivity index (χ0n) is 8.73. The molecule has 0 atom stereocenters. The zero-order chi connectivity index (χ0) is 12.2. The number of hydrogen-bond donors (Lipinski definition) is 1. The summed E-state index contributed by atoms with van der Waals surface area (Å²) in [6.45, 7) is 0. The lowest BCUT2D eigenvalue weighted by Crippen LogP contribution is -2.29. The number of carbonyl (C=O) groups excluding carboxylic acids is 1. The highest BCUT2D eigenvalue weighted by Gasteiger charge is 2.07. The Kier molecular flexibility index (Phi) is 4.32. The lowest BCUT2D eigenvalue weighted by atomic mass is 10.1.